The molecule has 0 unspecified atom stereocenters. The highest BCUT2D eigenvalue weighted by molar-refractivity contribution is 5.93. The van der Waals surface area contributed by atoms with Gasteiger partial charge in [-0.25, -0.2) is 0 Å². The molecule has 1 N–H and O–H groups in total. The van der Waals surface area contributed by atoms with E-state index >= 15 is 0 Å². The monoisotopic (exact) mass is 247 g/mol. The minimum Gasteiger partial charge on any atom is -0.388 e. The Morgan fingerprint density at radius 1 is 1.56 bits per heavy atom. The summed E-state index contributed by atoms with van der Waals surface area (Å²) in [6, 6.07) is 3.89. The van der Waals surface area contributed by atoms with Crippen LogP contribution < -0.4 is 5.32 Å². The summed E-state index contributed by atoms with van der Waals surface area (Å²) < 4.78 is 0. The number of amides is 1. The molecule has 1 aliphatic rings. The van der Waals surface area contributed by atoms with Gasteiger partial charge in [-0.05, 0) is 44.7 Å². The van der Waals surface area contributed by atoms with Gasteiger partial charge >= 0.3 is 0 Å². The third kappa shape index (κ3) is 3.00. The zero-order chi connectivity index (χ0) is 13.1. The van der Waals surface area contributed by atoms with Crippen LogP contribution in [0.25, 0.3) is 0 Å². The van der Waals surface area contributed by atoms with Crippen LogP contribution in [0.3, 0.4) is 0 Å². The average Bonchev–Trinajstić information content (AvgIpc) is 3.19. The van der Waals surface area contributed by atoms with Crippen molar-refractivity contribution in [1.82, 2.24) is 9.88 Å². The molecule has 0 saturated heterocycles. The van der Waals surface area contributed by atoms with Crippen molar-refractivity contribution in [2.75, 3.05) is 18.9 Å². The summed E-state index contributed by atoms with van der Waals surface area (Å²) in [6.07, 6.45) is 4.18. The summed E-state index contributed by atoms with van der Waals surface area (Å²) in [5, 5.41) is 3.03. The highest BCUT2D eigenvalue weighted by Gasteiger charge is 2.29. The van der Waals surface area contributed by atoms with Gasteiger partial charge in [-0.2, -0.15) is 0 Å². The van der Waals surface area contributed by atoms with Crippen molar-refractivity contribution in [3.05, 3.63) is 24.0 Å². The van der Waals surface area contributed by atoms with E-state index < -0.39 is 0 Å². The van der Waals surface area contributed by atoms with Crippen molar-refractivity contribution in [1.29, 1.82) is 0 Å². The van der Waals surface area contributed by atoms with Crippen LogP contribution in [0.1, 0.15) is 37.2 Å². The van der Waals surface area contributed by atoms with Crippen molar-refractivity contribution in [2.45, 2.75) is 32.7 Å². The number of carbonyl (C=O) groups is 1. The largest absolute Gasteiger partial charge is 0.388 e. The second-order valence-corrected chi connectivity index (χ2v) is 5.17. The molecule has 0 atom stereocenters. The number of pyridine rings is 1. The molecule has 0 bridgehead atoms. The van der Waals surface area contributed by atoms with Crippen LogP contribution in [-0.4, -0.2) is 35.4 Å². The van der Waals surface area contributed by atoms with Crippen LogP contribution >= 0.6 is 0 Å². The Morgan fingerprint density at radius 2 is 2.28 bits per heavy atom. The van der Waals surface area contributed by atoms with Crippen molar-refractivity contribution >= 4 is 11.6 Å². The first-order valence-corrected chi connectivity index (χ1v) is 6.56. The van der Waals surface area contributed by atoms with Crippen LogP contribution in [-0.2, 0) is 0 Å². The lowest BCUT2D eigenvalue weighted by Gasteiger charge is -2.26. The first-order chi connectivity index (χ1) is 8.61. The van der Waals surface area contributed by atoms with E-state index in [1.165, 1.54) is 12.8 Å². The fraction of sp³-hybridized carbons (Fsp3) is 0.571. The van der Waals surface area contributed by atoms with Gasteiger partial charge in [-0.15, -0.1) is 0 Å². The lowest BCUT2D eigenvalue weighted by molar-refractivity contribution is 0.0690. The van der Waals surface area contributed by atoms with Crippen molar-refractivity contribution < 1.29 is 4.79 Å². The molecule has 18 heavy (non-hydrogen) atoms. The van der Waals surface area contributed by atoms with Gasteiger partial charge in [0.1, 0.15) is 5.69 Å². The number of aromatic nitrogens is 1. The predicted octanol–water partition coefficient (Wildman–Crippen LogP) is 2.38. The van der Waals surface area contributed by atoms with E-state index in [0.29, 0.717) is 11.6 Å². The van der Waals surface area contributed by atoms with E-state index in [2.05, 4.69) is 24.1 Å². The molecule has 0 spiro atoms. The SMILES string of the molecule is CNc1ccnc(C(=O)N(CC2CC2)C(C)C)c1. The standard InChI is InChI=1S/C14H21N3O/c1-10(2)17(9-11-4-5-11)14(18)13-8-12(15-3)6-7-16-13/h6-8,10-11H,4-5,9H2,1-3H3,(H,15,16). The molecule has 98 valence electrons. The highest BCUT2D eigenvalue weighted by atomic mass is 16.2. The second-order valence-electron chi connectivity index (χ2n) is 5.17. The van der Waals surface area contributed by atoms with Crippen LogP contribution in [0, 0.1) is 5.92 Å². The van der Waals surface area contributed by atoms with E-state index in [0.717, 1.165) is 12.2 Å². The average molecular weight is 247 g/mol. The Balaban J connectivity index is 2.15. The molecule has 1 aromatic rings. The van der Waals surface area contributed by atoms with E-state index in [-0.39, 0.29) is 11.9 Å². The summed E-state index contributed by atoms with van der Waals surface area (Å²) in [5.41, 5.74) is 1.44. The number of hydrogen-bond donors (Lipinski definition) is 1. The maximum absolute atomic E-state index is 12.5. The number of nitrogens with one attached hydrogen (secondary N) is 1. The molecule has 1 aromatic heterocycles. The fourth-order valence-electron chi connectivity index (χ4n) is 1.96. The topological polar surface area (TPSA) is 45.2 Å². The predicted molar refractivity (Wildman–Crippen MR) is 72.7 cm³/mol. The molecule has 1 fully saturated rings. The van der Waals surface area contributed by atoms with Crippen molar-refractivity contribution in [3.63, 3.8) is 0 Å². The molecule has 4 nitrogen and oxygen atoms in total. The van der Waals surface area contributed by atoms with Gasteiger partial charge in [0.05, 0.1) is 0 Å². The van der Waals surface area contributed by atoms with Gasteiger partial charge in [-0.1, -0.05) is 0 Å². The maximum atomic E-state index is 12.5. The Kier molecular flexibility index (Phi) is 3.84. The maximum Gasteiger partial charge on any atom is 0.272 e. The minimum atomic E-state index is 0.0361. The zero-order valence-electron chi connectivity index (χ0n) is 11.3. The van der Waals surface area contributed by atoms with Gasteiger partial charge in [0.2, 0.25) is 0 Å². The molecular formula is C14H21N3O. The van der Waals surface area contributed by atoms with Crippen LogP contribution in [0.5, 0.6) is 0 Å². The summed E-state index contributed by atoms with van der Waals surface area (Å²) in [5.74, 6) is 0.734. The third-order valence-corrected chi connectivity index (χ3v) is 3.30. The lowest BCUT2D eigenvalue weighted by Crippen LogP contribution is -2.38. The molecule has 1 aliphatic carbocycles. The summed E-state index contributed by atoms with van der Waals surface area (Å²) in [7, 11) is 1.84. The summed E-state index contributed by atoms with van der Waals surface area (Å²) in [4.78, 5) is 18.6. The molecule has 0 aliphatic heterocycles. The Labute approximate surface area is 108 Å². The fourth-order valence-corrected chi connectivity index (χ4v) is 1.96. The summed E-state index contributed by atoms with van der Waals surface area (Å²) in [6.45, 7) is 4.98. The van der Waals surface area contributed by atoms with Gasteiger partial charge in [0, 0.05) is 31.5 Å². The van der Waals surface area contributed by atoms with Gasteiger partial charge in [0.15, 0.2) is 0 Å². The molecule has 0 aromatic carbocycles. The lowest BCUT2D eigenvalue weighted by atomic mass is 10.2. The molecular weight excluding hydrogens is 226 g/mol. The van der Waals surface area contributed by atoms with Gasteiger partial charge in [-0.3, -0.25) is 9.78 Å². The molecule has 1 heterocycles. The van der Waals surface area contributed by atoms with E-state index in [1.54, 1.807) is 6.20 Å². The Morgan fingerprint density at radius 3 is 2.83 bits per heavy atom. The number of anilines is 1. The third-order valence-electron chi connectivity index (χ3n) is 3.30. The zero-order valence-corrected chi connectivity index (χ0v) is 11.3. The molecule has 1 amide bonds. The van der Waals surface area contributed by atoms with E-state index in [9.17, 15) is 4.79 Å². The number of rotatable bonds is 5. The van der Waals surface area contributed by atoms with Crippen LogP contribution in [0.4, 0.5) is 5.69 Å². The Bertz CT molecular complexity index is 427. The van der Waals surface area contributed by atoms with Crippen LogP contribution in [0.15, 0.2) is 18.3 Å². The molecule has 4 heteroatoms. The first kappa shape index (κ1) is 12.9. The molecule has 1 saturated carbocycles. The van der Waals surface area contributed by atoms with Crippen LogP contribution in [0.2, 0.25) is 0 Å². The smallest absolute Gasteiger partial charge is 0.272 e. The normalized spacial score (nSPS) is 14.7. The van der Waals surface area contributed by atoms with E-state index in [1.807, 2.05) is 24.1 Å². The molecule has 0 radical (unpaired) electrons. The van der Waals surface area contributed by atoms with Gasteiger partial charge < -0.3 is 10.2 Å². The quantitative estimate of drug-likeness (QED) is 0.869. The van der Waals surface area contributed by atoms with Crippen molar-refractivity contribution in [3.8, 4) is 0 Å². The number of carbonyl (C=O) groups excluding carboxylic acids is 1. The van der Waals surface area contributed by atoms with Crippen molar-refractivity contribution in [2.24, 2.45) is 5.92 Å². The number of nitrogens with zero attached hydrogens (tertiary/aromatic N) is 2. The van der Waals surface area contributed by atoms with Gasteiger partial charge in [0.25, 0.3) is 5.91 Å². The molecule has 2 rings (SSSR count). The summed E-state index contributed by atoms with van der Waals surface area (Å²) >= 11 is 0. The highest BCUT2D eigenvalue weighted by Crippen LogP contribution is 2.30. The number of hydrogen-bond acceptors (Lipinski definition) is 3. The first-order valence-electron chi connectivity index (χ1n) is 6.56. The Hall–Kier alpha value is -1.58. The van der Waals surface area contributed by atoms with E-state index in [4.69, 9.17) is 0 Å². The minimum absolute atomic E-state index is 0.0361. The second kappa shape index (κ2) is 5.38.